The highest BCUT2D eigenvalue weighted by Crippen LogP contribution is 2.29. The average Bonchev–Trinajstić information content (AvgIpc) is 3.00. The molecule has 0 saturated heterocycles. The fourth-order valence-electron chi connectivity index (χ4n) is 2.00. The first-order valence-corrected chi connectivity index (χ1v) is 8.16. The van der Waals surface area contributed by atoms with Gasteiger partial charge in [-0.2, -0.15) is 0 Å². The second kappa shape index (κ2) is 6.89. The molecule has 6 heteroatoms. The van der Waals surface area contributed by atoms with Crippen LogP contribution in [0.2, 0.25) is 5.02 Å². The summed E-state index contributed by atoms with van der Waals surface area (Å²) in [5.41, 5.74) is 0.697. The average molecular weight is 346 g/mol. The highest BCUT2D eigenvalue weighted by molar-refractivity contribution is 7.98. The maximum Gasteiger partial charge on any atom is 0.358 e. The number of carboxylic acids is 1. The van der Waals surface area contributed by atoms with E-state index in [0.717, 1.165) is 10.5 Å². The summed E-state index contributed by atoms with van der Waals surface area (Å²) in [6.45, 7) is 0. The molecule has 3 aromatic rings. The lowest BCUT2D eigenvalue weighted by Gasteiger charge is -2.00. The van der Waals surface area contributed by atoms with Gasteiger partial charge >= 0.3 is 5.97 Å². The van der Waals surface area contributed by atoms with E-state index in [9.17, 15) is 9.90 Å². The van der Waals surface area contributed by atoms with Gasteiger partial charge < -0.3 is 9.52 Å². The number of benzene rings is 2. The Labute approximate surface area is 142 Å². The van der Waals surface area contributed by atoms with Gasteiger partial charge in [-0.1, -0.05) is 29.8 Å². The number of rotatable bonds is 5. The quantitative estimate of drug-likeness (QED) is 0.660. The highest BCUT2D eigenvalue weighted by atomic mass is 35.5. The molecule has 116 valence electrons. The van der Waals surface area contributed by atoms with Gasteiger partial charge in [0.1, 0.15) is 5.76 Å². The molecule has 0 aliphatic rings. The van der Waals surface area contributed by atoms with E-state index in [1.807, 2.05) is 42.5 Å². The third-order valence-electron chi connectivity index (χ3n) is 3.10. The standard InChI is InChI=1S/C17H12ClNO3S/c18-12-6-8-13(9-7-12)23-10-14-15(17(20)21)19-16(22-14)11-4-2-1-3-5-11/h1-9H,10H2,(H,20,21). The topological polar surface area (TPSA) is 63.3 Å². The molecule has 0 unspecified atom stereocenters. The van der Waals surface area contributed by atoms with Gasteiger partial charge in [0.05, 0.1) is 5.75 Å². The molecule has 0 spiro atoms. The first-order valence-electron chi connectivity index (χ1n) is 6.80. The van der Waals surface area contributed by atoms with Crippen LogP contribution in [0.15, 0.2) is 63.9 Å². The van der Waals surface area contributed by atoms with Crippen molar-refractivity contribution in [3.8, 4) is 11.5 Å². The van der Waals surface area contributed by atoms with Crippen molar-refractivity contribution in [2.24, 2.45) is 0 Å². The molecule has 0 atom stereocenters. The summed E-state index contributed by atoms with van der Waals surface area (Å²) >= 11 is 7.32. The Morgan fingerprint density at radius 3 is 2.48 bits per heavy atom. The van der Waals surface area contributed by atoms with E-state index in [1.54, 1.807) is 12.1 Å². The number of carbonyl (C=O) groups is 1. The van der Waals surface area contributed by atoms with Crippen LogP contribution in [0.1, 0.15) is 16.2 Å². The van der Waals surface area contributed by atoms with Crippen molar-refractivity contribution in [2.75, 3.05) is 0 Å². The lowest BCUT2D eigenvalue weighted by atomic mass is 10.2. The van der Waals surface area contributed by atoms with Gasteiger partial charge in [0, 0.05) is 15.5 Å². The number of thioether (sulfide) groups is 1. The first-order chi connectivity index (χ1) is 11.1. The van der Waals surface area contributed by atoms with E-state index in [4.69, 9.17) is 16.0 Å². The van der Waals surface area contributed by atoms with Gasteiger partial charge in [-0.15, -0.1) is 11.8 Å². The zero-order chi connectivity index (χ0) is 16.2. The molecule has 0 saturated carbocycles. The Morgan fingerprint density at radius 2 is 1.83 bits per heavy atom. The molecule has 1 N–H and O–H groups in total. The summed E-state index contributed by atoms with van der Waals surface area (Å²) in [6.07, 6.45) is 0. The van der Waals surface area contributed by atoms with E-state index in [1.165, 1.54) is 11.8 Å². The third-order valence-corrected chi connectivity index (χ3v) is 4.37. The minimum atomic E-state index is -1.09. The normalized spacial score (nSPS) is 10.7. The van der Waals surface area contributed by atoms with Crippen molar-refractivity contribution in [1.82, 2.24) is 4.98 Å². The van der Waals surface area contributed by atoms with Crippen LogP contribution in [0, 0.1) is 0 Å². The molecule has 1 aromatic heterocycles. The number of nitrogens with zero attached hydrogens (tertiary/aromatic N) is 1. The molecule has 0 aliphatic heterocycles. The predicted octanol–water partition coefficient (Wildman–Crippen LogP) is 4.99. The van der Waals surface area contributed by atoms with Crippen molar-refractivity contribution in [2.45, 2.75) is 10.6 Å². The molecule has 4 nitrogen and oxygen atoms in total. The van der Waals surface area contributed by atoms with Crippen LogP contribution < -0.4 is 0 Å². The zero-order valence-electron chi connectivity index (χ0n) is 11.9. The number of aromatic carboxylic acids is 1. The Hall–Kier alpha value is -2.24. The maximum absolute atomic E-state index is 11.4. The lowest BCUT2D eigenvalue weighted by Crippen LogP contribution is -2.00. The number of halogens is 1. The molecule has 0 amide bonds. The number of hydrogen-bond donors (Lipinski definition) is 1. The van der Waals surface area contributed by atoms with E-state index in [2.05, 4.69) is 4.98 Å². The monoisotopic (exact) mass is 345 g/mol. The largest absolute Gasteiger partial charge is 0.476 e. The molecule has 0 bridgehead atoms. The van der Waals surface area contributed by atoms with Crippen molar-refractivity contribution < 1.29 is 14.3 Å². The molecule has 0 radical (unpaired) electrons. The summed E-state index contributed by atoms with van der Waals surface area (Å²) in [7, 11) is 0. The first kappa shape index (κ1) is 15.6. The second-order valence-electron chi connectivity index (χ2n) is 4.70. The minimum Gasteiger partial charge on any atom is -0.476 e. The molecule has 0 aliphatic carbocycles. The second-order valence-corrected chi connectivity index (χ2v) is 6.19. The van der Waals surface area contributed by atoms with Gasteiger partial charge in [0.25, 0.3) is 0 Å². The van der Waals surface area contributed by atoms with Crippen LogP contribution in [0.5, 0.6) is 0 Å². The Kier molecular flexibility index (Phi) is 4.69. The molecule has 3 rings (SSSR count). The van der Waals surface area contributed by atoms with Crippen molar-refractivity contribution in [1.29, 1.82) is 0 Å². The van der Waals surface area contributed by atoms with Gasteiger partial charge in [0.2, 0.25) is 5.89 Å². The van der Waals surface area contributed by atoms with Gasteiger partial charge in [-0.3, -0.25) is 0 Å². The SMILES string of the molecule is O=C(O)c1nc(-c2ccccc2)oc1CSc1ccc(Cl)cc1. The van der Waals surface area contributed by atoms with E-state index < -0.39 is 5.97 Å². The molecule has 23 heavy (non-hydrogen) atoms. The van der Waals surface area contributed by atoms with Gasteiger partial charge in [-0.05, 0) is 36.4 Å². The van der Waals surface area contributed by atoms with Crippen molar-refractivity contribution in [3.63, 3.8) is 0 Å². The smallest absolute Gasteiger partial charge is 0.358 e. The van der Waals surface area contributed by atoms with Crippen LogP contribution in [-0.4, -0.2) is 16.1 Å². The van der Waals surface area contributed by atoms with Crippen LogP contribution in [-0.2, 0) is 5.75 Å². The van der Waals surface area contributed by atoms with Crippen LogP contribution in [0.3, 0.4) is 0 Å². The Balaban J connectivity index is 1.84. The van der Waals surface area contributed by atoms with Crippen LogP contribution >= 0.6 is 23.4 Å². The minimum absolute atomic E-state index is 0.0506. The summed E-state index contributed by atoms with van der Waals surface area (Å²) < 4.78 is 5.67. The predicted molar refractivity (Wildman–Crippen MR) is 89.9 cm³/mol. The Morgan fingerprint density at radius 1 is 1.13 bits per heavy atom. The lowest BCUT2D eigenvalue weighted by molar-refractivity contribution is 0.0689. The van der Waals surface area contributed by atoms with E-state index >= 15 is 0 Å². The summed E-state index contributed by atoms with van der Waals surface area (Å²) in [4.78, 5) is 16.5. The van der Waals surface area contributed by atoms with Crippen molar-refractivity contribution >= 4 is 29.3 Å². The molecular weight excluding hydrogens is 334 g/mol. The van der Waals surface area contributed by atoms with E-state index in [0.29, 0.717) is 22.4 Å². The fourth-order valence-corrected chi connectivity index (χ4v) is 2.95. The molecule has 2 aromatic carbocycles. The van der Waals surface area contributed by atoms with Gasteiger partial charge in [0.15, 0.2) is 5.69 Å². The fraction of sp³-hybridized carbons (Fsp3) is 0.0588. The third kappa shape index (κ3) is 3.75. The molecule has 1 heterocycles. The van der Waals surface area contributed by atoms with Crippen LogP contribution in [0.4, 0.5) is 0 Å². The molecule has 0 fully saturated rings. The number of hydrogen-bond acceptors (Lipinski definition) is 4. The van der Waals surface area contributed by atoms with Gasteiger partial charge in [-0.25, -0.2) is 9.78 Å². The number of oxazole rings is 1. The summed E-state index contributed by atoms with van der Waals surface area (Å²) in [5, 5.41) is 9.97. The molecular formula is C17H12ClNO3S. The Bertz CT molecular complexity index is 816. The van der Waals surface area contributed by atoms with Crippen LogP contribution in [0.25, 0.3) is 11.5 Å². The summed E-state index contributed by atoms with van der Waals surface area (Å²) in [5.74, 6) is -0.0584. The van der Waals surface area contributed by atoms with E-state index in [-0.39, 0.29) is 5.69 Å². The zero-order valence-corrected chi connectivity index (χ0v) is 13.5. The van der Waals surface area contributed by atoms with Crippen molar-refractivity contribution in [3.05, 3.63) is 71.1 Å². The maximum atomic E-state index is 11.4. The highest BCUT2D eigenvalue weighted by Gasteiger charge is 2.20. The summed E-state index contributed by atoms with van der Waals surface area (Å²) in [6, 6.07) is 16.6. The number of aromatic nitrogens is 1. The number of carboxylic acid groups (broad SMARTS) is 1.